The molecule has 0 unspecified atom stereocenters. The van der Waals surface area contributed by atoms with Crippen molar-refractivity contribution in [2.24, 2.45) is 0 Å². The molecule has 4 heteroatoms. The third-order valence-corrected chi connectivity index (χ3v) is 3.37. The lowest BCUT2D eigenvalue weighted by atomic mass is 10.0. The van der Waals surface area contributed by atoms with Crippen LogP contribution in [0.4, 0.5) is 5.69 Å². The first kappa shape index (κ1) is 12.9. The zero-order valence-electron chi connectivity index (χ0n) is 9.98. The molecule has 0 aromatic heterocycles. The lowest BCUT2D eigenvalue weighted by Crippen LogP contribution is -1.92. The Hall–Kier alpha value is -1.52. The zero-order chi connectivity index (χ0) is 13.0. The molecular formula is C14H14BrNO2. The lowest BCUT2D eigenvalue weighted by molar-refractivity contribution is 0.389. The fraction of sp³-hybridized carbons (Fsp3) is 0.143. The second-order valence-corrected chi connectivity index (χ2v) is 4.42. The van der Waals surface area contributed by atoms with Crippen LogP contribution in [0.3, 0.4) is 0 Å². The van der Waals surface area contributed by atoms with Crippen molar-refractivity contribution in [2.45, 2.75) is 5.33 Å². The van der Waals surface area contributed by atoms with Gasteiger partial charge in [-0.25, -0.2) is 0 Å². The van der Waals surface area contributed by atoms with E-state index in [9.17, 15) is 0 Å². The molecule has 0 aliphatic rings. The van der Waals surface area contributed by atoms with Crippen molar-refractivity contribution in [3.05, 3.63) is 48.0 Å². The monoisotopic (exact) mass is 307 g/mol. The van der Waals surface area contributed by atoms with Gasteiger partial charge in [-0.2, -0.15) is 0 Å². The Morgan fingerprint density at radius 1 is 1.22 bits per heavy atom. The number of methoxy groups -OCH3 is 1. The van der Waals surface area contributed by atoms with E-state index in [0.29, 0.717) is 5.69 Å². The molecule has 2 N–H and O–H groups in total. The Labute approximate surface area is 114 Å². The summed E-state index contributed by atoms with van der Waals surface area (Å²) < 4.78 is 5.37. The van der Waals surface area contributed by atoms with E-state index in [1.165, 1.54) is 5.56 Å². The van der Waals surface area contributed by atoms with Gasteiger partial charge in [-0.1, -0.05) is 34.1 Å². The smallest absolute Gasteiger partial charge is 0.126 e. The van der Waals surface area contributed by atoms with E-state index < -0.39 is 0 Å². The molecular weight excluding hydrogens is 294 g/mol. The first-order valence-electron chi connectivity index (χ1n) is 5.52. The highest BCUT2D eigenvalue weighted by Gasteiger charge is 2.07. The summed E-state index contributed by atoms with van der Waals surface area (Å²) in [5.41, 5.74) is 5.98. The molecule has 0 saturated carbocycles. The second kappa shape index (κ2) is 5.89. The third kappa shape index (κ3) is 2.66. The van der Waals surface area contributed by atoms with Gasteiger partial charge in [0.1, 0.15) is 5.75 Å². The van der Waals surface area contributed by atoms with Crippen molar-refractivity contribution in [3.63, 3.8) is 0 Å². The van der Waals surface area contributed by atoms with Crippen molar-refractivity contribution in [2.75, 3.05) is 12.6 Å². The van der Waals surface area contributed by atoms with Gasteiger partial charge in [0.25, 0.3) is 0 Å². The summed E-state index contributed by atoms with van der Waals surface area (Å²) >= 11 is 3.45. The molecule has 18 heavy (non-hydrogen) atoms. The van der Waals surface area contributed by atoms with Gasteiger partial charge in [-0.3, -0.25) is 10.7 Å². The van der Waals surface area contributed by atoms with E-state index in [2.05, 4.69) is 27.5 Å². The highest BCUT2D eigenvalue weighted by molar-refractivity contribution is 9.08. The van der Waals surface area contributed by atoms with Gasteiger partial charge in [0, 0.05) is 10.9 Å². The number of ether oxygens (including phenoxy) is 1. The van der Waals surface area contributed by atoms with Crippen molar-refractivity contribution < 1.29 is 9.94 Å². The summed E-state index contributed by atoms with van der Waals surface area (Å²) in [5, 5.41) is 9.74. The predicted octanol–water partition coefficient (Wildman–Crippen LogP) is 4.06. The lowest BCUT2D eigenvalue weighted by Gasteiger charge is -2.11. The van der Waals surface area contributed by atoms with Gasteiger partial charge < -0.3 is 4.74 Å². The minimum Gasteiger partial charge on any atom is -0.496 e. The molecule has 94 valence electrons. The number of rotatable bonds is 4. The number of anilines is 1. The van der Waals surface area contributed by atoms with Crippen molar-refractivity contribution in [1.82, 2.24) is 0 Å². The number of hydrogen-bond acceptors (Lipinski definition) is 3. The van der Waals surface area contributed by atoms with Crippen LogP contribution in [0.1, 0.15) is 5.56 Å². The fourth-order valence-electron chi connectivity index (χ4n) is 1.82. The molecule has 0 saturated heterocycles. The minimum atomic E-state index is 0.652. The van der Waals surface area contributed by atoms with Crippen LogP contribution >= 0.6 is 15.9 Å². The van der Waals surface area contributed by atoms with Crippen LogP contribution in [0.15, 0.2) is 42.5 Å². The Morgan fingerprint density at radius 3 is 2.72 bits per heavy atom. The van der Waals surface area contributed by atoms with E-state index in [1.54, 1.807) is 13.2 Å². The fourth-order valence-corrected chi connectivity index (χ4v) is 2.17. The first-order valence-corrected chi connectivity index (χ1v) is 6.64. The van der Waals surface area contributed by atoms with E-state index >= 15 is 0 Å². The van der Waals surface area contributed by atoms with E-state index in [4.69, 9.17) is 9.94 Å². The maximum atomic E-state index is 8.95. The molecule has 0 amide bonds. The Morgan fingerprint density at radius 2 is 2.06 bits per heavy atom. The highest BCUT2D eigenvalue weighted by atomic mass is 79.9. The summed E-state index contributed by atoms with van der Waals surface area (Å²) in [4.78, 5) is 0. The van der Waals surface area contributed by atoms with Crippen LogP contribution in [0, 0.1) is 0 Å². The average molecular weight is 308 g/mol. The largest absolute Gasteiger partial charge is 0.496 e. The molecule has 0 heterocycles. The summed E-state index contributed by atoms with van der Waals surface area (Å²) in [6.45, 7) is 0. The zero-order valence-corrected chi connectivity index (χ0v) is 11.6. The number of alkyl halides is 1. The quantitative estimate of drug-likeness (QED) is 0.661. The average Bonchev–Trinajstić information content (AvgIpc) is 2.46. The van der Waals surface area contributed by atoms with Crippen LogP contribution in [0.25, 0.3) is 11.1 Å². The molecule has 0 spiro atoms. The summed E-state index contributed by atoms with van der Waals surface area (Å²) in [6.07, 6.45) is 0. The molecule has 2 aromatic rings. The molecule has 0 aliphatic heterocycles. The van der Waals surface area contributed by atoms with Crippen molar-refractivity contribution >= 4 is 21.6 Å². The van der Waals surface area contributed by atoms with Gasteiger partial charge >= 0.3 is 0 Å². The maximum absolute atomic E-state index is 8.95. The Bertz CT molecular complexity index is 543. The van der Waals surface area contributed by atoms with Gasteiger partial charge in [-0.15, -0.1) is 0 Å². The summed E-state index contributed by atoms with van der Waals surface area (Å²) in [6, 6.07) is 13.6. The van der Waals surface area contributed by atoms with Gasteiger partial charge in [0.15, 0.2) is 0 Å². The van der Waals surface area contributed by atoms with Gasteiger partial charge in [0.2, 0.25) is 0 Å². The Kier molecular flexibility index (Phi) is 4.23. The SMILES string of the molecule is COc1ccc(CBr)cc1-c1cccc(NO)c1. The highest BCUT2D eigenvalue weighted by Crippen LogP contribution is 2.32. The van der Waals surface area contributed by atoms with Gasteiger partial charge in [-0.05, 0) is 35.4 Å². The molecule has 0 radical (unpaired) electrons. The number of nitrogens with one attached hydrogen (secondary N) is 1. The van der Waals surface area contributed by atoms with Crippen LogP contribution < -0.4 is 10.2 Å². The van der Waals surface area contributed by atoms with E-state index in [-0.39, 0.29) is 0 Å². The molecule has 0 fully saturated rings. The predicted molar refractivity (Wildman–Crippen MR) is 76.5 cm³/mol. The van der Waals surface area contributed by atoms with E-state index in [0.717, 1.165) is 22.2 Å². The standard InChI is InChI=1S/C14H14BrNO2/c1-18-14-6-5-10(9-15)7-13(14)11-3-2-4-12(8-11)16-17/h2-8,16-17H,9H2,1H3. The second-order valence-electron chi connectivity index (χ2n) is 3.86. The molecule has 2 aromatic carbocycles. The van der Waals surface area contributed by atoms with Crippen LogP contribution in [0.5, 0.6) is 5.75 Å². The molecule has 0 bridgehead atoms. The normalized spacial score (nSPS) is 10.2. The Balaban J connectivity index is 2.53. The molecule has 0 atom stereocenters. The molecule has 0 aliphatic carbocycles. The third-order valence-electron chi connectivity index (χ3n) is 2.72. The molecule has 2 rings (SSSR count). The van der Waals surface area contributed by atoms with Gasteiger partial charge in [0.05, 0.1) is 12.8 Å². The topological polar surface area (TPSA) is 41.5 Å². The van der Waals surface area contributed by atoms with Crippen LogP contribution in [0.2, 0.25) is 0 Å². The van der Waals surface area contributed by atoms with E-state index in [1.807, 2.05) is 30.3 Å². The van der Waals surface area contributed by atoms with Crippen LogP contribution in [-0.2, 0) is 5.33 Å². The number of benzene rings is 2. The summed E-state index contributed by atoms with van der Waals surface area (Å²) in [5.74, 6) is 0.815. The van der Waals surface area contributed by atoms with Crippen LogP contribution in [-0.4, -0.2) is 12.3 Å². The van der Waals surface area contributed by atoms with Crippen molar-refractivity contribution in [3.8, 4) is 16.9 Å². The number of hydrogen-bond donors (Lipinski definition) is 2. The first-order chi connectivity index (χ1) is 8.78. The molecule has 3 nitrogen and oxygen atoms in total. The number of halogens is 1. The van der Waals surface area contributed by atoms with Crippen molar-refractivity contribution in [1.29, 1.82) is 0 Å². The summed E-state index contributed by atoms with van der Waals surface area (Å²) in [7, 11) is 1.65. The maximum Gasteiger partial charge on any atom is 0.126 e. The minimum absolute atomic E-state index is 0.652.